The molecule has 0 saturated carbocycles. The molecule has 1 N–H and O–H groups in total. The summed E-state index contributed by atoms with van der Waals surface area (Å²) in [5.41, 5.74) is -1.78. The first-order chi connectivity index (χ1) is 13.3. The molecule has 29 heavy (non-hydrogen) atoms. The molecule has 0 aromatic rings. The number of halogens is 4. The Morgan fingerprint density at radius 2 is 1.66 bits per heavy atom. The van der Waals surface area contributed by atoms with Gasteiger partial charge in [0.15, 0.2) is 0 Å². The van der Waals surface area contributed by atoms with Crippen molar-refractivity contribution in [3.8, 4) is 0 Å². The summed E-state index contributed by atoms with van der Waals surface area (Å²) in [4.78, 5) is 28.8. The minimum Gasteiger partial charge on any atom is -0.345 e. The molecule has 0 saturated heterocycles. The van der Waals surface area contributed by atoms with E-state index in [1.54, 1.807) is 23.9 Å². The number of hydrogen-bond donors (Lipinski definition) is 1. The third kappa shape index (κ3) is 10.1. The summed E-state index contributed by atoms with van der Waals surface area (Å²) in [7, 11) is 4.89. The quantitative estimate of drug-likeness (QED) is 0.434. The first-order valence-electron chi connectivity index (χ1n) is 9.05. The fourth-order valence-corrected chi connectivity index (χ4v) is 2.21. The van der Waals surface area contributed by atoms with Gasteiger partial charge in [0.05, 0.1) is 12.1 Å². The van der Waals surface area contributed by atoms with Gasteiger partial charge >= 0.3 is 12.2 Å². The molecule has 0 spiro atoms. The molecule has 6 nitrogen and oxygen atoms in total. The lowest BCUT2D eigenvalue weighted by atomic mass is 10.2. The van der Waals surface area contributed by atoms with Gasteiger partial charge in [-0.3, -0.25) is 9.69 Å². The van der Waals surface area contributed by atoms with Gasteiger partial charge in [-0.05, 0) is 32.5 Å². The van der Waals surface area contributed by atoms with Crippen molar-refractivity contribution in [2.75, 3.05) is 47.3 Å². The predicted octanol–water partition coefficient (Wildman–Crippen LogP) is 3.30. The summed E-state index contributed by atoms with van der Waals surface area (Å²) in [5.74, 6) is -1.47. The van der Waals surface area contributed by atoms with E-state index < -0.39 is 23.6 Å². The lowest BCUT2D eigenvalue weighted by molar-refractivity contribution is -0.130. The third-order valence-electron chi connectivity index (χ3n) is 4.00. The molecule has 10 heteroatoms. The van der Waals surface area contributed by atoms with Gasteiger partial charge in [0, 0.05) is 39.4 Å². The van der Waals surface area contributed by atoms with Crippen molar-refractivity contribution in [1.82, 2.24) is 20.0 Å². The van der Waals surface area contributed by atoms with E-state index >= 15 is 0 Å². The molecular weight excluding hydrogens is 392 g/mol. The maximum Gasteiger partial charge on any atom is 0.418 e. The number of alkyl halides is 3. The van der Waals surface area contributed by atoms with E-state index in [0.29, 0.717) is 26.1 Å². The second-order valence-electron chi connectivity index (χ2n) is 6.65. The van der Waals surface area contributed by atoms with Gasteiger partial charge in [-0.15, -0.1) is 0 Å². The van der Waals surface area contributed by atoms with Gasteiger partial charge in [-0.1, -0.05) is 13.5 Å². The summed E-state index contributed by atoms with van der Waals surface area (Å²) in [6, 6.07) is -0.683. The van der Waals surface area contributed by atoms with Crippen molar-refractivity contribution in [3.05, 3.63) is 35.8 Å². The number of urea groups is 1. The lowest BCUT2D eigenvalue weighted by Crippen LogP contribution is -2.43. The van der Waals surface area contributed by atoms with Crippen LogP contribution >= 0.6 is 0 Å². The number of allylic oxidation sites excluding steroid dienone is 4. The van der Waals surface area contributed by atoms with E-state index in [1.807, 2.05) is 6.92 Å². The first kappa shape index (κ1) is 26.6. The molecule has 0 aromatic carbocycles. The summed E-state index contributed by atoms with van der Waals surface area (Å²) < 4.78 is 51.7. The zero-order valence-electron chi connectivity index (χ0n) is 17.6. The molecule has 0 aromatic heterocycles. The maximum absolute atomic E-state index is 13.2. The largest absolute Gasteiger partial charge is 0.418 e. The molecule has 0 aliphatic heterocycles. The van der Waals surface area contributed by atoms with Crippen molar-refractivity contribution in [3.63, 3.8) is 0 Å². The van der Waals surface area contributed by atoms with E-state index in [-0.39, 0.29) is 24.7 Å². The van der Waals surface area contributed by atoms with Crippen LogP contribution in [0.1, 0.15) is 20.3 Å². The second-order valence-corrected chi connectivity index (χ2v) is 6.65. The highest BCUT2D eigenvalue weighted by atomic mass is 19.4. The standard InChI is InChI=1S/C19H30F4N4O2/c1-7-9-26(5)17(28)13-25(4)10-11-27(6)18(29)24-15(8-2)12-16(14(3)20)19(21,22)23/h8,12H,2,7,9-11,13H2,1,3-6H3,(H,24,29)/b15-12+,16-14-. The molecule has 0 aliphatic carbocycles. The third-order valence-corrected chi connectivity index (χ3v) is 4.00. The Kier molecular flexibility index (Phi) is 11.3. The van der Waals surface area contributed by atoms with Crippen LogP contribution < -0.4 is 5.32 Å². The van der Waals surface area contributed by atoms with Crippen LogP contribution in [0.3, 0.4) is 0 Å². The minimum atomic E-state index is -4.90. The molecule has 0 unspecified atom stereocenters. The second kappa shape index (κ2) is 12.3. The highest BCUT2D eigenvalue weighted by Gasteiger charge is 2.34. The molecule has 0 heterocycles. The van der Waals surface area contributed by atoms with Gasteiger partial charge in [0.2, 0.25) is 5.91 Å². The SMILES string of the molecule is C=C/C(=C\C(=C(/C)F)C(F)(F)F)NC(=O)N(C)CCN(C)CC(=O)N(C)CCC. The van der Waals surface area contributed by atoms with Gasteiger partial charge in [0.1, 0.15) is 5.83 Å². The molecule has 0 fully saturated rings. The summed E-state index contributed by atoms with van der Waals surface area (Å²) in [6.45, 7) is 7.42. The van der Waals surface area contributed by atoms with Crippen LogP contribution in [0.25, 0.3) is 0 Å². The van der Waals surface area contributed by atoms with Crippen LogP contribution in [0.15, 0.2) is 35.8 Å². The van der Waals surface area contributed by atoms with E-state index in [9.17, 15) is 27.2 Å². The number of carbonyl (C=O) groups excluding carboxylic acids is 2. The average molecular weight is 422 g/mol. The minimum absolute atomic E-state index is 0.0496. The van der Waals surface area contributed by atoms with Gasteiger partial charge < -0.3 is 15.1 Å². The van der Waals surface area contributed by atoms with Crippen LogP contribution in [0.2, 0.25) is 0 Å². The highest BCUT2D eigenvalue weighted by molar-refractivity contribution is 5.78. The van der Waals surface area contributed by atoms with E-state index in [2.05, 4.69) is 11.9 Å². The first-order valence-corrected chi connectivity index (χ1v) is 9.05. The molecule has 0 rings (SSSR count). The van der Waals surface area contributed by atoms with Crippen molar-refractivity contribution >= 4 is 11.9 Å². The van der Waals surface area contributed by atoms with Crippen molar-refractivity contribution in [2.24, 2.45) is 0 Å². The lowest BCUT2D eigenvalue weighted by Gasteiger charge is -2.24. The summed E-state index contributed by atoms with van der Waals surface area (Å²) >= 11 is 0. The number of likely N-dealkylation sites (N-methyl/N-ethyl adjacent to an activating group) is 3. The number of nitrogens with zero attached hydrogens (tertiary/aromatic N) is 3. The zero-order valence-corrected chi connectivity index (χ0v) is 17.6. The Morgan fingerprint density at radius 1 is 1.07 bits per heavy atom. The number of nitrogens with one attached hydrogen (secondary N) is 1. The molecule has 0 atom stereocenters. The van der Waals surface area contributed by atoms with Crippen LogP contribution in [0, 0.1) is 0 Å². The van der Waals surface area contributed by atoms with Crippen molar-refractivity contribution in [2.45, 2.75) is 26.4 Å². The van der Waals surface area contributed by atoms with Gasteiger partial charge in [-0.2, -0.15) is 13.2 Å². The van der Waals surface area contributed by atoms with Crippen LogP contribution in [0.5, 0.6) is 0 Å². The van der Waals surface area contributed by atoms with E-state index in [4.69, 9.17) is 0 Å². The Hall–Kier alpha value is -2.36. The summed E-state index contributed by atoms with van der Waals surface area (Å²) in [6.07, 6.45) is -2.57. The number of amides is 3. The Morgan fingerprint density at radius 3 is 2.10 bits per heavy atom. The zero-order chi connectivity index (χ0) is 22.8. The normalized spacial score (nSPS) is 13.1. The monoisotopic (exact) mass is 422 g/mol. The highest BCUT2D eigenvalue weighted by Crippen LogP contribution is 2.30. The van der Waals surface area contributed by atoms with Crippen LogP contribution in [-0.4, -0.2) is 80.1 Å². The van der Waals surface area contributed by atoms with E-state index in [1.165, 1.54) is 11.9 Å². The van der Waals surface area contributed by atoms with Crippen LogP contribution in [0.4, 0.5) is 22.4 Å². The Balaban J connectivity index is 4.84. The average Bonchev–Trinajstić information content (AvgIpc) is 2.61. The molecule has 3 amide bonds. The smallest absolute Gasteiger partial charge is 0.345 e. The van der Waals surface area contributed by atoms with Crippen molar-refractivity contribution in [1.29, 1.82) is 0 Å². The Bertz CT molecular complexity index is 641. The number of rotatable bonds is 10. The fraction of sp³-hybridized carbons (Fsp3) is 0.579. The van der Waals surface area contributed by atoms with Gasteiger partial charge in [0.25, 0.3) is 0 Å². The predicted molar refractivity (Wildman–Crippen MR) is 105 cm³/mol. The number of carbonyl (C=O) groups is 2. The summed E-state index contributed by atoms with van der Waals surface area (Å²) in [5, 5.41) is 2.26. The van der Waals surface area contributed by atoms with E-state index in [0.717, 1.165) is 12.5 Å². The van der Waals surface area contributed by atoms with Gasteiger partial charge in [-0.25, -0.2) is 9.18 Å². The Labute approximate surface area is 169 Å². The van der Waals surface area contributed by atoms with Crippen molar-refractivity contribution < 1.29 is 27.2 Å². The van der Waals surface area contributed by atoms with Crippen LogP contribution in [-0.2, 0) is 4.79 Å². The molecule has 0 aliphatic rings. The number of hydrogen-bond acceptors (Lipinski definition) is 3. The molecule has 0 bridgehead atoms. The molecule has 0 radical (unpaired) electrons. The topological polar surface area (TPSA) is 55.9 Å². The fourth-order valence-electron chi connectivity index (χ4n) is 2.21. The molecule has 166 valence electrons. The maximum atomic E-state index is 13.2. The molecular formula is C19H30F4N4O2.